The van der Waals surface area contributed by atoms with Gasteiger partial charge in [-0.3, -0.25) is 9.59 Å². The molecule has 7 heteroatoms. The Balaban J connectivity index is 1.93. The van der Waals surface area contributed by atoms with Crippen LogP contribution in [0.3, 0.4) is 0 Å². The van der Waals surface area contributed by atoms with Crippen molar-refractivity contribution in [2.75, 3.05) is 33.7 Å². The first-order valence-electron chi connectivity index (χ1n) is 7.45. The number of amides is 1. The van der Waals surface area contributed by atoms with Crippen LogP contribution in [0, 0.1) is 5.92 Å². The summed E-state index contributed by atoms with van der Waals surface area (Å²) >= 11 is 1.17. The predicted molar refractivity (Wildman–Crippen MR) is 83.6 cm³/mol. The molecule has 1 N–H and O–H groups in total. The number of hydrogen-bond acceptors (Lipinski definition) is 5. The minimum Gasteiger partial charge on any atom is -0.342 e. The van der Waals surface area contributed by atoms with Crippen molar-refractivity contribution in [2.24, 2.45) is 5.92 Å². The fourth-order valence-electron chi connectivity index (χ4n) is 2.72. The summed E-state index contributed by atoms with van der Waals surface area (Å²) in [4.78, 5) is 27.5. The van der Waals surface area contributed by atoms with E-state index in [9.17, 15) is 9.59 Å². The number of aromatic nitrogens is 2. The fourth-order valence-corrected chi connectivity index (χ4v) is 3.55. The molecule has 21 heavy (non-hydrogen) atoms. The van der Waals surface area contributed by atoms with Crippen molar-refractivity contribution in [1.82, 2.24) is 20.0 Å². The minimum atomic E-state index is -0.119. The van der Waals surface area contributed by atoms with Crippen molar-refractivity contribution in [3.8, 4) is 0 Å². The normalized spacial score (nSPS) is 22.8. The predicted octanol–water partition coefficient (Wildman–Crippen LogP) is 1.13. The SMILES string of the molecule is C[C@@H]1CCN(C(=O)CCCN(C)C)C[C@@H]1c1n[nH]c(=O)s1. The molecule has 0 radical (unpaired) electrons. The van der Waals surface area contributed by atoms with Gasteiger partial charge in [0.2, 0.25) is 5.91 Å². The van der Waals surface area contributed by atoms with E-state index in [2.05, 4.69) is 22.0 Å². The number of H-pyrrole nitrogens is 1. The maximum atomic E-state index is 12.3. The fraction of sp³-hybridized carbons (Fsp3) is 0.786. The number of carbonyl (C=O) groups excluding carboxylic acids is 1. The third-order valence-electron chi connectivity index (χ3n) is 4.08. The number of piperidine rings is 1. The van der Waals surface area contributed by atoms with E-state index in [0.717, 1.165) is 30.9 Å². The summed E-state index contributed by atoms with van der Waals surface area (Å²) in [6.07, 6.45) is 2.45. The lowest BCUT2D eigenvalue weighted by atomic mass is 9.87. The summed E-state index contributed by atoms with van der Waals surface area (Å²) in [5.41, 5.74) is 0. The van der Waals surface area contributed by atoms with Crippen LogP contribution < -0.4 is 4.87 Å². The average Bonchev–Trinajstić information content (AvgIpc) is 2.85. The van der Waals surface area contributed by atoms with Gasteiger partial charge in [-0.15, -0.1) is 0 Å². The van der Waals surface area contributed by atoms with Crippen molar-refractivity contribution in [3.05, 3.63) is 14.7 Å². The maximum absolute atomic E-state index is 12.3. The van der Waals surface area contributed by atoms with Gasteiger partial charge in [-0.25, -0.2) is 5.10 Å². The first kappa shape index (κ1) is 16.2. The molecule has 0 aromatic carbocycles. The van der Waals surface area contributed by atoms with Gasteiger partial charge in [-0.2, -0.15) is 5.10 Å². The highest BCUT2D eigenvalue weighted by Gasteiger charge is 2.31. The van der Waals surface area contributed by atoms with Crippen LogP contribution in [0.15, 0.2) is 4.79 Å². The van der Waals surface area contributed by atoms with E-state index in [0.29, 0.717) is 18.9 Å². The van der Waals surface area contributed by atoms with Crippen LogP contribution in [0.1, 0.15) is 37.1 Å². The van der Waals surface area contributed by atoms with Gasteiger partial charge in [0.15, 0.2) is 0 Å². The largest absolute Gasteiger partial charge is 0.342 e. The van der Waals surface area contributed by atoms with Gasteiger partial charge in [0, 0.05) is 25.4 Å². The average molecular weight is 312 g/mol. The zero-order chi connectivity index (χ0) is 15.4. The van der Waals surface area contributed by atoms with E-state index in [1.807, 2.05) is 19.0 Å². The molecule has 0 aliphatic carbocycles. The highest BCUT2D eigenvalue weighted by Crippen LogP contribution is 2.32. The molecule has 1 fully saturated rings. The van der Waals surface area contributed by atoms with E-state index < -0.39 is 0 Å². The first-order chi connectivity index (χ1) is 9.97. The van der Waals surface area contributed by atoms with Crippen LogP contribution in [-0.4, -0.2) is 59.6 Å². The second kappa shape index (κ2) is 7.17. The molecule has 118 valence electrons. The minimum absolute atomic E-state index is 0.119. The smallest absolute Gasteiger partial charge is 0.322 e. The van der Waals surface area contributed by atoms with Crippen LogP contribution in [0.25, 0.3) is 0 Å². The number of nitrogens with one attached hydrogen (secondary N) is 1. The summed E-state index contributed by atoms with van der Waals surface area (Å²) in [5, 5.41) is 7.42. The topological polar surface area (TPSA) is 69.3 Å². The molecule has 0 spiro atoms. The molecule has 0 bridgehead atoms. The van der Waals surface area contributed by atoms with Gasteiger partial charge in [0.25, 0.3) is 0 Å². The van der Waals surface area contributed by atoms with Gasteiger partial charge in [0.1, 0.15) is 5.01 Å². The Morgan fingerprint density at radius 1 is 1.52 bits per heavy atom. The van der Waals surface area contributed by atoms with E-state index in [4.69, 9.17) is 0 Å². The quantitative estimate of drug-likeness (QED) is 0.885. The Labute approximate surface area is 129 Å². The van der Waals surface area contributed by atoms with Gasteiger partial charge in [-0.1, -0.05) is 18.3 Å². The van der Waals surface area contributed by atoms with Crippen molar-refractivity contribution in [2.45, 2.75) is 32.1 Å². The van der Waals surface area contributed by atoms with E-state index in [1.54, 1.807) is 0 Å². The second-order valence-electron chi connectivity index (χ2n) is 6.07. The Hall–Kier alpha value is -1.21. The van der Waals surface area contributed by atoms with Gasteiger partial charge < -0.3 is 9.80 Å². The highest BCUT2D eigenvalue weighted by molar-refractivity contribution is 7.08. The molecule has 1 aliphatic heterocycles. The second-order valence-corrected chi connectivity index (χ2v) is 7.06. The molecule has 1 aromatic heterocycles. The number of likely N-dealkylation sites (tertiary alicyclic amines) is 1. The van der Waals surface area contributed by atoms with Crippen LogP contribution in [0.4, 0.5) is 0 Å². The summed E-state index contributed by atoms with van der Waals surface area (Å²) in [7, 11) is 4.03. The molecular weight excluding hydrogens is 288 g/mol. The Morgan fingerprint density at radius 3 is 2.90 bits per heavy atom. The van der Waals surface area contributed by atoms with E-state index in [-0.39, 0.29) is 16.7 Å². The molecule has 1 amide bonds. The zero-order valence-electron chi connectivity index (χ0n) is 13.0. The summed E-state index contributed by atoms with van der Waals surface area (Å²) < 4.78 is 0. The van der Waals surface area contributed by atoms with E-state index >= 15 is 0 Å². The molecule has 0 unspecified atom stereocenters. The van der Waals surface area contributed by atoms with Crippen molar-refractivity contribution >= 4 is 17.2 Å². The van der Waals surface area contributed by atoms with Crippen LogP contribution in [0.2, 0.25) is 0 Å². The molecule has 2 rings (SSSR count). The number of carbonyl (C=O) groups is 1. The third-order valence-corrected chi connectivity index (χ3v) is 4.96. The monoisotopic (exact) mass is 312 g/mol. The molecule has 2 atom stereocenters. The van der Waals surface area contributed by atoms with Gasteiger partial charge in [0.05, 0.1) is 0 Å². The highest BCUT2D eigenvalue weighted by atomic mass is 32.1. The summed E-state index contributed by atoms with van der Waals surface area (Å²) in [5.74, 6) is 0.854. The van der Waals surface area contributed by atoms with Gasteiger partial charge in [-0.05, 0) is 39.4 Å². The van der Waals surface area contributed by atoms with Crippen LogP contribution in [0.5, 0.6) is 0 Å². The third kappa shape index (κ3) is 4.38. The number of aromatic amines is 1. The summed E-state index contributed by atoms with van der Waals surface area (Å²) in [6.45, 7) is 4.60. The van der Waals surface area contributed by atoms with Crippen LogP contribution in [-0.2, 0) is 4.79 Å². The first-order valence-corrected chi connectivity index (χ1v) is 8.27. The van der Waals surface area contributed by atoms with Crippen molar-refractivity contribution < 1.29 is 4.79 Å². The molecule has 1 saturated heterocycles. The number of nitrogens with zero attached hydrogens (tertiary/aromatic N) is 3. The lowest BCUT2D eigenvalue weighted by Crippen LogP contribution is -2.42. The van der Waals surface area contributed by atoms with E-state index in [1.165, 1.54) is 11.3 Å². The molecule has 1 aromatic rings. The van der Waals surface area contributed by atoms with Crippen LogP contribution >= 0.6 is 11.3 Å². The molecule has 0 saturated carbocycles. The van der Waals surface area contributed by atoms with Crippen molar-refractivity contribution in [1.29, 1.82) is 0 Å². The maximum Gasteiger partial charge on any atom is 0.322 e. The van der Waals surface area contributed by atoms with Gasteiger partial charge >= 0.3 is 4.87 Å². The molecule has 2 heterocycles. The Bertz CT molecular complexity index is 525. The number of hydrogen-bond donors (Lipinski definition) is 1. The van der Waals surface area contributed by atoms with Crippen molar-refractivity contribution in [3.63, 3.8) is 0 Å². The molecule has 6 nitrogen and oxygen atoms in total. The Kier molecular flexibility index (Phi) is 5.52. The molecular formula is C14H24N4O2S. The zero-order valence-corrected chi connectivity index (χ0v) is 13.8. The molecule has 1 aliphatic rings. The lowest BCUT2D eigenvalue weighted by Gasteiger charge is -2.36. The number of rotatable bonds is 5. The standard InChI is InChI=1S/C14H24N4O2S/c1-10-6-8-18(12(19)5-4-7-17(2)3)9-11(10)13-15-16-14(20)21-13/h10-11H,4-9H2,1-3H3,(H,16,20)/t10-,11+/m1/s1. The summed E-state index contributed by atoms with van der Waals surface area (Å²) in [6, 6.07) is 0. The Morgan fingerprint density at radius 2 is 2.29 bits per heavy atom. The lowest BCUT2D eigenvalue weighted by molar-refractivity contribution is -0.133.